The Balaban J connectivity index is 0. The van der Waals surface area contributed by atoms with Gasteiger partial charge in [-0.15, -0.1) is 24.0 Å². The van der Waals surface area contributed by atoms with E-state index in [2.05, 4.69) is 4.99 Å². The molecule has 6 nitrogen and oxygen atoms in total. The third kappa shape index (κ3) is 10.1. The van der Waals surface area contributed by atoms with Crippen molar-refractivity contribution in [3.05, 3.63) is 0 Å². The van der Waals surface area contributed by atoms with Gasteiger partial charge in [0, 0.05) is 41.3 Å². The van der Waals surface area contributed by atoms with Gasteiger partial charge in [0.1, 0.15) is 5.60 Å². The molecule has 1 amide bonds. The molecule has 0 radical (unpaired) electrons. The van der Waals surface area contributed by atoms with Crippen molar-refractivity contribution in [3.63, 3.8) is 0 Å². The molecule has 0 aromatic carbocycles. The Morgan fingerprint density at radius 2 is 1.55 bits per heavy atom. The fourth-order valence-electron chi connectivity index (χ4n) is 1.84. The fourth-order valence-corrected chi connectivity index (χ4v) is 1.84. The molecule has 0 unspecified atom stereocenters. The van der Waals surface area contributed by atoms with Gasteiger partial charge >= 0.3 is 6.09 Å². The van der Waals surface area contributed by atoms with E-state index >= 15 is 0 Å². The van der Waals surface area contributed by atoms with Gasteiger partial charge in [-0.1, -0.05) is 6.92 Å². The van der Waals surface area contributed by atoms with Crippen LogP contribution in [0.5, 0.6) is 0 Å². The molecule has 0 aliphatic heterocycles. The third-order valence-corrected chi connectivity index (χ3v) is 2.57. The van der Waals surface area contributed by atoms with Gasteiger partial charge in [0.05, 0.1) is 6.54 Å². The molecule has 0 aromatic rings. The molecule has 22 heavy (non-hydrogen) atoms. The molecule has 0 saturated heterocycles. The van der Waals surface area contributed by atoms with Crippen LogP contribution in [-0.4, -0.2) is 80.2 Å². The lowest BCUT2D eigenvalue weighted by Gasteiger charge is -2.27. The number of hydrogen-bond acceptors (Lipinski definition) is 3. The van der Waals surface area contributed by atoms with E-state index < -0.39 is 5.60 Å². The Kier molecular flexibility index (Phi) is 11.7. The van der Waals surface area contributed by atoms with Gasteiger partial charge in [-0.3, -0.25) is 4.99 Å². The number of carbonyl (C=O) groups is 1. The standard InChI is InChI=1S/C15H32N4O2.HI/c1-9-11-19(14(20)21-15(2,3)4)12-10-16-13(17(5)6)18(7)8;/h9-12H2,1-8H3;1H. The molecule has 0 aromatic heterocycles. The average Bonchev–Trinajstić information content (AvgIpc) is 2.29. The molecular formula is C15H33IN4O2. The molecule has 7 heteroatoms. The van der Waals surface area contributed by atoms with Crippen LogP contribution >= 0.6 is 24.0 Å². The Hall–Kier alpha value is -0.730. The highest BCUT2D eigenvalue weighted by molar-refractivity contribution is 14.0. The summed E-state index contributed by atoms with van der Waals surface area (Å²) in [5, 5.41) is 0. The molecule has 132 valence electrons. The third-order valence-electron chi connectivity index (χ3n) is 2.57. The van der Waals surface area contributed by atoms with Crippen LogP contribution in [0.1, 0.15) is 34.1 Å². The van der Waals surface area contributed by atoms with Crippen LogP contribution < -0.4 is 0 Å². The number of ether oxygens (including phenoxy) is 1. The average molecular weight is 428 g/mol. The van der Waals surface area contributed by atoms with Crippen molar-refractivity contribution in [3.8, 4) is 0 Å². The minimum atomic E-state index is -0.467. The van der Waals surface area contributed by atoms with Crippen LogP contribution in [0, 0.1) is 0 Å². The molecule has 0 spiro atoms. The molecule has 0 fully saturated rings. The zero-order valence-electron chi connectivity index (χ0n) is 15.3. The van der Waals surface area contributed by atoms with Gasteiger partial charge < -0.3 is 19.4 Å². The maximum atomic E-state index is 12.1. The van der Waals surface area contributed by atoms with Gasteiger partial charge in [0.25, 0.3) is 0 Å². The van der Waals surface area contributed by atoms with E-state index in [0.717, 1.165) is 12.4 Å². The highest BCUT2D eigenvalue weighted by Crippen LogP contribution is 2.10. The molecule has 0 N–H and O–H groups in total. The number of nitrogens with zero attached hydrogens (tertiary/aromatic N) is 4. The molecular weight excluding hydrogens is 395 g/mol. The number of hydrogen-bond donors (Lipinski definition) is 0. The zero-order valence-corrected chi connectivity index (χ0v) is 17.7. The lowest BCUT2D eigenvalue weighted by molar-refractivity contribution is 0.0256. The predicted octanol–water partition coefficient (Wildman–Crippen LogP) is 2.73. The minimum absolute atomic E-state index is 0. The Labute approximate surface area is 152 Å². The first kappa shape index (κ1) is 23.5. The van der Waals surface area contributed by atoms with Crippen molar-refractivity contribution >= 4 is 36.0 Å². The highest BCUT2D eigenvalue weighted by atomic mass is 127. The monoisotopic (exact) mass is 428 g/mol. The lowest BCUT2D eigenvalue weighted by Crippen LogP contribution is -2.40. The van der Waals surface area contributed by atoms with E-state index in [1.807, 2.05) is 65.7 Å². The zero-order chi connectivity index (χ0) is 16.6. The Bertz CT molecular complexity index is 342. The van der Waals surface area contributed by atoms with Crippen molar-refractivity contribution in [1.29, 1.82) is 0 Å². The molecule has 0 heterocycles. The van der Waals surface area contributed by atoms with Crippen molar-refractivity contribution < 1.29 is 9.53 Å². The summed E-state index contributed by atoms with van der Waals surface area (Å²) in [5.74, 6) is 0.885. The van der Waals surface area contributed by atoms with Crippen LogP contribution in [0.4, 0.5) is 4.79 Å². The molecule has 0 aliphatic rings. The first-order chi connectivity index (χ1) is 9.58. The number of rotatable bonds is 5. The van der Waals surface area contributed by atoms with Crippen LogP contribution in [-0.2, 0) is 4.74 Å². The second kappa shape index (κ2) is 10.9. The van der Waals surface area contributed by atoms with Crippen molar-refractivity contribution in [1.82, 2.24) is 14.7 Å². The number of guanidine groups is 1. The quantitative estimate of drug-likeness (QED) is 0.384. The van der Waals surface area contributed by atoms with E-state index in [9.17, 15) is 4.79 Å². The van der Waals surface area contributed by atoms with E-state index in [1.54, 1.807) is 4.90 Å². The molecule has 0 aliphatic carbocycles. The molecule has 0 bridgehead atoms. The Morgan fingerprint density at radius 3 is 1.91 bits per heavy atom. The summed E-state index contributed by atoms with van der Waals surface area (Å²) >= 11 is 0. The van der Waals surface area contributed by atoms with Crippen molar-refractivity contribution in [2.24, 2.45) is 4.99 Å². The van der Waals surface area contributed by atoms with Gasteiger partial charge in [-0.25, -0.2) is 4.79 Å². The SMILES string of the molecule is CCCN(CCN=C(N(C)C)N(C)C)C(=O)OC(C)(C)C.I. The summed E-state index contributed by atoms with van der Waals surface area (Å²) in [6, 6.07) is 0. The summed E-state index contributed by atoms with van der Waals surface area (Å²) in [5.41, 5.74) is -0.467. The predicted molar refractivity (Wildman–Crippen MR) is 103 cm³/mol. The maximum absolute atomic E-state index is 12.1. The van der Waals surface area contributed by atoms with E-state index in [-0.39, 0.29) is 30.1 Å². The van der Waals surface area contributed by atoms with Crippen LogP contribution in [0.25, 0.3) is 0 Å². The number of amides is 1. The van der Waals surface area contributed by atoms with Gasteiger partial charge in [-0.05, 0) is 27.2 Å². The summed E-state index contributed by atoms with van der Waals surface area (Å²) in [7, 11) is 7.82. The molecule has 0 rings (SSSR count). The second-order valence-electron chi connectivity index (χ2n) is 6.44. The van der Waals surface area contributed by atoms with Crippen molar-refractivity contribution in [2.75, 3.05) is 47.8 Å². The van der Waals surface area contributed by atoms with Crippen LogP contribution in [0.2, 0.25) is 0 Å². The molecule has 0 saturated carbocycles. The van der Waals surface area contributed by atoms with E-state index in [0.29, 0.717) is 19.6 Å². The lowest BCUT2D eigenvalue weighted by atomic mass is 10.2. The highest BCUT2D eigenvalue weighted by Gasteiger charge is 2.21. The van der Waals surface area contributed by atoms with Crippen LogP contribution in [0.3, 0.4) is 0 Å². The van der Waals surface area contributed by atoms with Gasteiger partial charge in [0.2, 0.25) is 0 Å². The van der Waals surface area contributed by atoms with Crippen LogP contribution in [0.15, 0.2) is 4.99 Å². The number of aliphatic imine (C=N–C) groups is 1. The number of carbonyl (C=O) groups excluding carboxylic acids is 1. The van der Waals surface area contributed by atoms with Gasteiger partial charge in [-0.2, -0.15) is 0 Å². The topological polar surface area (TPSA) is 48.4 Å². The largest absolute Gasteiger partial charge is 0.444 e. The van der Waals surface area contributed by atoms with E-state index in [1.165, 1.54) is 0 Å². The summed E-state index contributed by atoms with van der Waals surface area (Å²) in [6.45, 7) is 9.49. The van der Waals surface area contributed by atoms with Crippen molar-refractivity contribution in [2.45, 2.75) is 39.7 Å². The smallest absolute Gasteiger partial charge is 0.410 e. The second-order valence-corrected chi connectivity index (χ2v) is 6.44. The van der Waals surface area contributed by atoms with E-state index in [4.69, 9.17) is 4.74 Å². The molecule has 0 atom stereocenters. The first-order valence-corrected chi connectivity index (χ1v) is 7.45. The maximum Gasteiger partial charge on any atom is 0.410 e. The first-order valence-electron chi connectivity index (χ1n) is 7.45. The normalized spacial score (nSPS) is 10.4. The van der Waals surface area contributed by atoms with Gasteiger partial charge in [0.15, 0.2) is 5.96 Å². The Morgan fingerprint density at radius 1 is 1.05 bits per heavy atom. The minimum Gasteiger partial charge on any atom is -0.444 e. The fraction of sp³-hybridized carbons (Fsp3) is 0.867. The number of halogens is 1. The summed E-state index contributed by atoms with van der Waals surface area (Å²) < 4.78 is 5.42. The summed E-state index contributed by atoms with van der Waals surface area (Å²) in [4.78, 5) is 22.3. The summed E-state index contributed by atoms with van der Waals surface area (Å²) in [6.07, 6.45) is 0.632.